The van der Waals surface area contributed by atoms with Crippen LogP contribution in [-0.4, -0.2) is 16.8 Å². The Kier molecular flexibility index (Phi) is 6.68. The van der Waals surface area contributed by atoms with E-state index < -0.39 is 0 Å². The molecule has 0 spiro atoms. The van der Waals surface area contributed by atoms with Crippen molar-refractivity contribution in [2.75, 3.05) is 6.61 Å². The summed E-state index contributed by atoms with van der Waals surface area (Å²) >= 11 is 5.78. The molecule has 0 heterocycles. The summed E-state index contributed by atoms with van der Waals surface area (Å²) in [6.45, 7) is 0.106. The van der Waals surface area contributed by atoms with Crippen molar-refractivity contribution in [1.82, 2.24) is 0 Å². The molecule has 0 aliphatic rings. The summed E-state index contributed by atoms with van der Waals surface area (Å²) in [7, 11) is 0. The number of rotatable bonds is 4. The van der Waals surface area contributed by atoms with Crippen LogP contribution in [-0.2, 0) is 0 Å². The van der Waals surface area contributed by atoms with Crippen LogP contribution in [0.2, 0.25) is 5.02 Å². The van der Waals surface area contributed by atoms with E-state index in [1.165, 1.54) is 6.07 Å². The Morgan fingerprint density at radius 3 is 2.67 bits per heavy atom. The monoisotopic (exact) mass is 251 g/mol. The maximum atomic E-state index is 9.50. The van der Waals surface area contributed by atoms with Gasteiger partial charge in [-0.2, -0.15) is 0 Å². The fourth-order valence-electron chi connectivity index (χ4n) is 1.29. The van der Waals surface area contributed by atoms with Crippen LogP contribution in [0.5, 0.6) is 5.75 Å². The van der Waals surface area contributed by atoms with Crippen molar-refractivity contribution in [1.29, 1.82) is 0 Å². The molecule has 5 heteroatoms. The van der Waals surface area contributed by atoms with Crippen molar-refractivity contribution in [3.05, 3.63) is 28.8 Å². The molecule has 0 aromatic heterocycles. The number of nitrogens with two attached hydrogens (primary N) is 1. The largest absolute Gasteiger partial charge is 0.508 e. The second kappa shape index (κ2) is 6.90. The number of benzene rings is 1. The quantitative estimate of drug-likeness (QED) is 0.769. The highest BCUT2D eigenvalue weighted by Crippen LogP contribution is 2.28. The van der Waals surface area contributed by atoms with Crippen molar-refractivity contribution in [2.45, 2.75) is 18.9 Å². The maximum absolute atomic E-state index is 9.50. The highest BCUT2D eigenvalue weighted by Gasteiger charge is 2.10. The minimum atomic E-state index is -0.277. The van der Waals surface area contributed by atoms with Gasteiger partial charge in [0.15, 0.2) is 0 Å². The predicted octanol–water partition coefficient (Wildman–Crippen LogP) is 2.24. The molecule has 0 amide bonds. The minimum Gasteiger partial charge on any atom is -0.508 e. The molecule has 0 saturated carbocycles. The second-order valence-electron chi connectivity index (χ2n) is 3.18. The molecular formula is C10H15Cl2NO2. The molecule has 3 nitrogen and oxygen atoms in total. The van der Waals surface area contributed by atoms with E-state index >= 15 is 0 Å². The Bertz CT molecular complexity index is 307. The fraction of sp³-hybridized carbons (Fsp3) is 0.400. The first-order valence-corrected chi connectivity index (χ1v) is 4.88. The lowest BCUT2D eigenvalue weighted by Gasteiger charge is -2.13. The van der Waals surface area contributed by atoms with Crippen LogP contribution in [0.15, 0.2) is 18.2 Å². The molecule has 0 aliphatic heterocycles. The standard InChI is InChI=1S/C10H14ClNO2.ClH/c11-7-3-4-10(14)8(6-7)9(12)2-1-5-13;/h3-4,6,9,13-14H,1-2,5,12H2;1H/t9-;/m0./s1. The van der Waals surface area contributed by atoms with Gasteiger partial charge in [0, 0.05) is 23.2 Å². The van der Waals surface area contributed by atoms with Gasteiger partial charge in [0.05, 0.1) is 0 Å². The third-order valence-electron chi connectivity index (χ3n) is 2.06. The smallest absolute Gasteiger partial charge is 0.120 e. The van der Waals surface area contributed by atoms with Crippen LogP contribution in [0, 0.1) is 0 Å². The lowest BCUT2D eigenvalue weighted by molar-refractivity contribution is 0.279. The number of phenolic OH excluding ortho intramolecular Hbond substituents is 1. The van der Waals surface area contributed by atoms with Gasteiger partial charge in [-0.05, 0) is 31.0 Å². The van der Waals surface area contributed by atoms with Gasteiger partial charge in [0.25, 0.3) is 0 Å². The van der Waals surface area contributed by atoms with Crippen LogP contribution < -0.4 is 5.73 Å². The van der Waals surface area contributed by atoms with E-state index in [9.17, 15) is 5.11 Å². The molecule has 0 fully saturated rings. The van der Waals surface area contributed by atoms with Crippen LogP contribution in [0.25, 0.3) is 0 Å². The van der Waals surface area contributed by atoms with E-state index in [-0.39, 0.29) is 30.8 Å². The first-order chi connectivity index (χ1) is 6.65. The molecule has 1 atom stereocenters. The van der Waals surface area contributed by atoms with Crippen LogP contribution in [0.4, 0.5) is 0 Å². The lowest BCUT2D eigenvalue weighted by atomic mass is 10.0. The summed E-state index contributed by atoms with van der Waals surface area (Å²) in [6, 6.07) is 4.51. The molecule has 1 rings (SSSR count). The van der Waals surface area contributed by atoms with E-state index in [1.54, 1.807) is 12.1 Å². The van der Waals surface area contributed by atoms with Gasteiger partial charge in [-0.15, -0.1) is 12.4 Å². The summed E-state index contributed by atoms with van der Waals surface area (Å²) < 4.78 is 0. The molecule has 0 aliphatic carbocycles. The second-order valence-corrected chi connectivity index (χ2v) is 3.61. The summed E-state index contributed by atoms with van der Waals surface area (Å²) in [5.41, 5.74) is 6.45. The number of halogens is 2. The molecule has 0 saturated heterocycles. The van der Waals surface area contributed by atoms with E-state index in [0.29, 0.717) is 23.4 Å². The minimum absolute atomic E-state index is 0. The van der Waals surface area contributed by atoms with Crippen molar-refractivity contribution in [3.63, 3.8) is 0 Å². The van der Waals surface area contributed by atoms with Gasteiger partial charge >= 0.3 is 0 Å². The third-order valence-corrected chi connectivity index (χ3v) is 2.30. The summed E-state index contributed by atoms with van der Waals surface area (Å²) in [4.78, 5) is 0. The zero-order valence-electron chi connectivity index (χ0n) is 8.19. The van der Waals surface area contributed by atoms with Gasteiger partial charge in [-0.3, -0.25) is 0 Å². The number of aromatic hydroxyl groups is 1. The first kappa shape index (κ1) is 14.5. The van der Waals surface area contributed by atoms with Crippen LogP contribution >= 0.6 is 24.0 Å². The predicted molar refractivity (Wildman–Crippen MR) is 63.6 cm³/mol. The summed E-state index contributed by atoms with van der Waals surface area (Å²) in [5, 5.41) is 18.7. The Hall–Kier alpha value is -0.480. The normalized spacial score (nSPS) is 11.9. The Balaban J connectivity index is 0.00000196. The molecule has 15 heavy (non-hydrogen) atoms. The van der Waals surface area contributed by atoms with Crippen molar-refractivity contribution >= 4 is 24.0 Å². The highest BCUT2D eigenvalue weighted by atomic mass is 35.5. The van der Waals surface area contributed by atoms with Gasteiger partial charge in [0.2, 0.25) is 0 Å². The molecule has 1 aromatic carbocycles. The highest BCUT2D eigenvalue weighted by molar-refractivity contribution is 6.30. The molecule has 4 N–H and O–H groups in total. The number of aliphatic hydroxyl groups is 1. The Morgan fingerprint density at radius 2 is 2.07 bits per heavy atom. The number of phenols is 1. The van der Waals surface area contributed by atoms with Gasteiger partial charge in [-0.1, -0.05) is 11.6 Å². The SMILES string of the molecule is Cl.N[C@@H](CCCO)c1cc(Cl)ccc1O. The zero-order chi connectivity index (χ0) is 10.6. The molecule has 86 valence electrons. The van der Waals surface area contributed by atoms with Crippen LogP contribution in [0.1, 0.15) is 24.4 Å². The third kappa shape index (κ3) is 4.26. The first-order valence-electron chi connectivity index (χ1n) is 4.50. The van der Waals surface area contributed by atoms with E-state index in [1.807, 2.05) is 0 Å². The maximum Gasteiger partial charge on any atom is 0.120 e. The van der Waals surface area contributed by atoms with Gasteiger partial charge in [-0.25, -0.2) is 0 Å². The Labute approximate surface area is 100 Å². The average molecular weight is 252 g/mol. The van der Waals surface area contributed by atoms with Gasteiger partial charge < -0.3 is 15.9 Å². The average Bonchev–Trinajstić information content (AvgIpc) is 2.18. The van der Waals surface area contributed by atoms with Crippen LogP contribution in [0.3, 0.4) is 0 Å². The summed E-state index contributed by atoms with van der Waals surface area (Å²) in [5.74, 6) is 0.153. The Morgan fingerprint density at radius 1 is 1.40 bits per heavy atom. The van der Waals surface area contributed by atoms with E-state index in [4.69, 9.17) is 22.4 Å². The number of hydrogen-bond acceptors (Lipinski definition) is 3. The van der Waals surface area contributed by atoms with Crippen molar-refractivity contribution in [2.24, 2.45) is 5.73 Å². The molecule has 0 radical (unpaired) electrons. The number of hydrogen-bond donors (Lipinski definition) is 3. The van der Waals surface area contributed by atoms with E-state index in [0.717, 1.165) is 0 Å². The van der Waals surface area contributed by atoms with E-state index in [2.05, 4.69) is 0 Å². The fourth-order valence-corrected chi connectivity index (χ4v) is 1.47. The van der Waals surface area contributed by atoms with Gasteiger partial charge in [0.1, 0.15) is 5.75 Å². The lowest BCUT2D eigenvalue weighted by Crippen LogP contribution is -2.11. The molecule has 1 aromatic rings. The summed E-state index contributed by atoms with van der Waals surface area (Å²) in [6.07, 6.45) is 1.25. The van der Waals surface area contributed by atoms with Crippen molar-refractivity contribution in [3.8, 4) is 5.75 Å². The number of aliphatic hydroxyl groups excluding tert-OH is 1. The topological polar surface area (TPSA) is 66.5 Å². The molecule has 0 unspecified atom stereocenters. The van der Waals surface area contributed by atoms with Crippen molar-refractivity contribution < 1.29 is 10.2 Å². The molecular weight excluding hydrogens is 237 g/mol. The molecule has 0 bridgehead atoms. The zero-order valence-corrected chi connectivity index (χ0v) is 9.76.